The fourth-order valence-electron chi connectivity index (χ4n) is 1.56. The maximum Gasteiger partial charge on any atom is 0.358 e. The summed E-state index contributed by atoms with van der Waals surface area (Å²) in [7, 11) is 0. The highest BCUT2D eigenvalue weighted by Crippen LogP contribution is 2.09. The first-order valence-corrected chi connectivity index (χ1v) is 5.31. The van der Waals surface area contributed by atoms with Gasteiger partial charge in [0.2, 0.25) is 0 Å². The van der Waals surface area contributed by atoms with Gasteiger partial charge in [-0.25, -0.2) is 9.78 Å². The summed E-state index contributed by atoms with van der Waals surface area (Å²) in [5, 5.41) is 0. The second-order valence-electron chi connectivity index (χ2n) is 3.60. The van der Waals surface area contributed by atoms with Crippen molar-refractivity contribution < 1.29 is 4.42 Å². The van der Waals surface area contributed by atoms with Crippen LogP contribution in [-0.2, 0) is 6.42 Å². The molecule has 3 heteroatoms. The lowest BCUT2D eigenvalue weighted by Gasteiger charge is -1.99. The van der Waals surface area contributed by atoms with Crippen molar-refractivity contribution in [3.63, 3.8) is 0 Å². The molecule has 2 aromatic rings. The van der Waals surface area contributed by atoms with Crippen LogP contribution >= 0.6 is 0 Å². The average molecular weight is 215 g/mol. The van der Waals surface area contributed by atoms with Crippen LogP contribution in [0, 0.1) is 0 Å². The number of nitrogens with zero attached hydrogens (tertiary/aromatic N) is 1. The zero-order valence-corrected chi connectivity index (χ0v) is 8.98. The topological polar surface area (TPSA) is 43.1 Å². The Bertz CT molecular complexity index is 557. The average Bonchev–Trinajstić information content (AvgIpc) is 2.30. The molecule has 3 nitrogen and oxygen atoms in total. The van der Waals surface area contributed by atoms with Crippen LogP contribution < -0.4 is 5.63 Å². The lowest BCUT2D eigenvalue weighted by molar-refractivity contribution is 0.538. The fraction of sp³-hybridized carbons (Fsp3) is 0.231. The van der Waals surface area contributed by atoms with E-state index in [0.29, 0.717) is 17.7 Å². The molecule has 0 saturated heterocycles. The third-order valence-corrected chi connectivity index (χ3v) is 2.38. The first kappa shape index (κ1) is 10.6. The Kier molecular flexibility index (Phi) is 3.15. The summed E-state index contributed by atoms with van der Waals surface area (Å²) in [6, 6.07) is 7.29. The Balaban J connectivity index is 2.34. The summed E-state index contributed by atoms with van der Waals surface area (Å²) in [4.78, 5) is 15.9. The molecular formula is C13H13NO2. The molecule has 0 spiro atoms. The van der Waals surface area contributed by atoms with Gasteiger partial charge in [-0.05, 0) is 31.4 Å². The van der Waals surface area contributed by atoms with Gasteiger partial charge in [0.05, 0.1) is 0 Å². The van der Waals surface area contributed by atoms with E-state index in [9.17, 15) is 4.79 Å². The van der Waals surface area contributed by atoms with Gasteiger partial charge in [-0.3, -0.25) is 0 Å². The molecule has 2 rings (SSSR count). The minimum absolute atomic E-state index is 0.331. The van der Waals surface area contributed by atoms with Gasteiger partial charge >= 0.3 is 5.63 Å². The molecule has 0 unspecified atom stereocenters. The maximum absolute atomic E-state index is 11.6. The monoisotopic (exact) mass is 215 g/mol. The number of aryl methyl sites for hydroxylation is 1. The largest absolute Gasteiger partial charge is 0.420 e. The third-order valence-electron chi connectivity index (χ3n) is 2.38. The van der Waals surface area contributed by atoms with Crippen LogP contribution in [0.2, 0.25) is 0 Å². The van der Waals surface area contributed by atoms with Gasteiger partial charge in [0.25, 0.3) is 0 Å². The van der Waals surface area contributed by atoms with Gasteiger partial charge in [0, 0.05) is 0 Å². The molecule has 0 saturated carbocycles. The summed E-state index contributed by atoms with van der Waals surface area (Å²) >= 11 is 0. The van der Waals surface area contributed by atoms with Crippen molar-refractivity contribution in [2.45, 2.75) is 19.3 Å². The minimum Gasteiger partial charge on any atom is -0.420 e. The summed E-state index contributed by atoms with van der Waals surface area (Å²) in [5.74, 6) is 0. The Labute approximate surface area is 93.4 Å². The number of rotatable bonds is 4. The number of benzene rings is 1. The molecule has 0 N–H and O–H groups in total. The minimum atomic E-state index is -0.331. The molecule has 82 valence electrons. The van der Waals surface area contributed by atoms with Crippen molar-refractivity contribution in [3.05, 3.63) is 53.0 Å². The first-order chi connectivity index (χ1) is 7.81. The molecule has 0 atom stereocenters. The van der Waals surface area contributed by atoms with Gasteiger partial charge in [-0.1, -0.05) is 18.2 Å². The maximum atomic E-state index is 11.6. The smallest absolute Gasteiger partial charge is 0.358 e. The molecule has 0 aliphatic carbocycles. The predicted octanol–water partition coefficient (Wildman–Crippen LogP) is 2.70. The highest BCUT2D eigenvalue weighted by atomic mass is 16.4. The molecule has 0 fully saturated rings. The number of hydrogen-bond donors (Lipinski definition) is 0. The molecule has 16 heavy (non-hydrogen) atoms. The first-order valence-electron chi connectivity index (χ1n) is 5.31. The number of fused-ring (bicyclic) bond motifs is 1. The van der Waals surface area contributed by atoms with E-state index < -0.39 is 0 Å². The summed E-state index contributed by atoms with van der Waals surface area (Å²) in [5.41, 5.74) is 1.44. The zero-order chi connectivity index (χ0) is 11.4. The highest BCUT2D eigenvalue weighted by Gasteiger charge is 2.05. The van der Waals surface area contributed by atoms with Crippen LogP contribution in [0.25, 0.3) is 11.1 Å². The molecule has 0 aliphatic rings. The number of unbranched alkanes of at least 4 members (excludes halogenated alkanes) is 1. The van der Waals surface area contributed by atoms with Gasteiger partial charge in [0.15, 0.2) is 5.58 Å². The van der Waals surface area contributed by atoms with Crippen molar-refractivity contribution in [2.24, 2.45) is 0 Å². The van der Waals surface area contributed by atoms with E-state index in [0.717, 1.165) is 18.4 Å². The van der Waals surface area contributed by atoms with E-state index in [1.54, 1.807) is 6.07 Å². The van der Waals surface area contributed by atoms with E-state index in [4.69, 9.17) is 4.42 Å². The number of aromatic nitrogens is 1. The van der Waals surface area contributed by atoms with Gasteiger partial charge in [0.1, 0.15) is 11.2 Å². The Morgan fingerprint density at radius 3 is 3.00 bits per heavy atom. The van der Waals surface area contributed by atoms with Crippen molar-refractivity contribution in [1.29, 1.82) is 0 Å². The number of para-hydroxylation sites is 2. The Morgan fingerprint density at radius 2 is 2.19 bits per heavy atom. The lowest BCUT2D eigenvalue weighted by atomic mass is 10.2. The second-order valence-corrected chi connectivity index (χ2v) is 3.60. The fourth-order valence-corrected chi connectivity index (χ4v) is 1.56. The quantitative estimate of drug-likeness (QED) is 0.581. The van der Waals surface area contributed by atoms with Crippen molar-refractivity contribution in [2.75, 3.05) is 0 Å². The molecule has 1 heterocycles. The van der Waals surface area contributed by atoms with Crippen LogP contribution in [0.1, 0.15) is 18.5 Å². The Morgan fingerprint density at radius 1 is 1.38 bits per heavy atom. The molecular weight excluding hydrogens is 202 g/mol. The van der Waals surface area contributed by atoms with Crippen LogP contribution in [0.3, 0.4) is 0 Å². The molecule has 0 radical (unpaired) electrons. The second kappa shape index (κ2) is 4.75. The van der Waals surface area contributed by atoms with E-state index >= 15 is 0 Å². The third kappa shape index (κ3) is 2.19. The number of hydrogen-bond acceptors (Lipinski definition) is 3. The summed E-state index contributed by atoms with van der Waals surface area (Å²) in [6.07, 6.45) is 4.23. The number of allylic oxidation sites excluding steroid dienone is 1. The van der Waals surface area contributed by atoms with E-state index in [-0.39, 0.29) is 5.63 Å². The molecule has 0 bridgehead atoms. The molecule has 0 aliphatic heterocycles. The molecule has 1 aromatic heterocycles. The normalized spacial score (nSPS) is 10.5. The lowest BCUT2D eigenvalue weighted by Crippen LogP contribution is -2.10. The van der Waals surface area contributed by atoms with E-state index in [2.05, 4.69) is 11.6 Å². The van der Waals surface area contributed by atoms with E-state index in [1.165, 1.54) is 0 Å². The van der Waals surface area contributed by atoms with Crippen LogP contribution in [0.15, 0.2) is 46.1 Å². The standard InChI is InChI=1S/C13H13NO2/c1-2-3-4-8-11-13(15)16-12-9-6-5-7-10(12)14-11/h2,5-7,9H,1,3-4,8H2. The van der Waals surface area contributed by atoms with Crippen molar-refractivity contribution >= 4 is 11.1 Å². The van der Waals surface area contributed by atoms with Crippen molar-refractivity contribution in [3.8, 4) is 0 Å². The predicted molar refractivity (Wildman–Crippen MR) is 63.4 cm³/mol. The Hall–Kier alpha value is -1.90. The van der Waals surface area contributed by atoms with Crippen LogP contribution in [0.5, 0.6) is 0 Å². The van der Waals surface area contributed by atoms with Gasteiger partial charge < -0.3 is 4.42 Å². The van der Waals surface area contributed by atoms with Crippen LogP contribution in [-0.4, -0.2) is 4.98 Å². The summed E-state index contributed by atoms with van der Waals surface area (Å²) in [6.45, 7) is 3.64. The highest BCUT2D eigenvalue weighted by molar-refractivity contribution is 5.71. The molecule has 1 aromatic carbocycles. The summed E-state index contributed by atoms with van der Waals surface area (Å²) < 4.78 is 5.18. The molecule has 0 amide bonds. The van der Waals surface area contributed by atoms with Gasteiger partial charge in [-0.15, -0.1) is 6.58 Å². The van der Waals surface area contributed by atoms with Crippen LogP contribution in [0.4, 0.5) is 0 Å². The zero-order valence-electron chi connectivity index (χ0n) is 8.98. The van der Waals surface area contributed by atoms with Gasteiger partial charge in [-0.2, -0.15) is 0 Å². The van der Waals surface area contributed by atoms with Crippen molar-refractivity contribution in [1.82, 2.24) is 4.98 Å². The SMILES string of the molecule is C=CCCCc1nc2ccccc2oc1=O. The van der Waals surface area contributed by atoms with E-state index in [1.807, 2.05) is 24.3 Å².